The van der Waals surface area contributed by atoms with Crippen molar-refractivity contribution in [1.29, 1.82) is 0 Å². The molecule has 2 N–H and O–H groups in total. The molecule has 0 aromatic heterocycles. The maximum Gasteiger partial charge on any atom is 0.269 e. The predicted octanol–water partition coefficient (Wildman–Crippen LogP) is 1.43. The molecule has 10 nitrogen and oxygen atoms in total. The van der Waals surface area contributed by atoms with E-state index in [-0.39, 0.29) is 30.6 Å². The molecule has 1 heterocycles. The number of fused-ring (bicyclic) bond motifs is 1. The molecule has 0 saturated heterocycles. The lowest BCUT2D eigenvalue weighted by atomic mass is 10.1. The van der Waals surface area contributed by atoms with Crippen molar-refractivity contribution in [3.8, 4) is 0 Å². The summed E-state index contributed by atoms with van der Waals surface area (Å²) in [6.45, 7) is 0.0794. The third kappa shape index (κ3) is 4.26. The number of amides is 4. The van der Waals surface area contributed by atoms with Gasteiger partial charge in [0.05, 0.1) is 16.1 Å². The number of nitro benzene ring substituents is 1. The predicted molar refractivity (Wildman–Crippen MR) is 99.7 cm³/mol. The average Bonchev–Trinajstić information content (AvgIpc) is 2.97. The molecule has 2 aromatic carbocycles. The van der Waals surface area contributed by atoms with Crippen LogP contribution in [0.3, 0.4) is 0 Å². The fraction of sp³-hybridized carbons (Fsp3) is 0.158. The SMILES string of the molecule is O=C(CCCN1C(=O)c2ccccc2C1=O)NNC(=O)c1ccc([N+](=O)[O-])cc1. The number of rotatable bonds is 6. The molecule has 29 heavy (non-hydrogen) atoms. The van der Waals surface area contributed by atoms with Gasteiger partial charge in [-0.15, -0.1) is 0 Å². The molecule has 2 aromatic rings. The van der Waals surface area contributed by atoms with Crippen LogP contribution in [0.5, 0.6) is 0 Å². The highest BCUT2D eigenvalue weighted by atomic mass is 16.6. The first-order chi connectivity index (χ1) is 13.9. The van der Waals surface area contributed by atoms with Gasteiger partial charge in [0.25, 0.3) is 23.4 Å². The van der Waals surface area contributed by atoms with Crippen molar-refractivity contribution in [1.82, 2.24) is 15.8 Å². The van der Waals surface area contributed by atoms with E-state index >= 15 is 0 Å². The molecule has 0 radical (unpaired) electrons. The number of carbonyl (C=O) groups is 4. The molecule has 1 aliphatic rings. The summed E-state index contributed by atoms with van der Waals surface area (Å²) in [5, 5.41) is 10.6. The Morgan fingerprint density at radius 2 is 1.52 bits per heavy atom. The van der Waals surface area contributed by atoms with Crippen LogP contribution in [0, 0.1) is 10.1 Å². The van der Waals surface area contributed by atoms with Crippen molar-refractivity contribution in [3.05, 3.63) is 75.3 Å². The number of nitro groups is 1. The van der Waals surface area contributed by atoms with E-state index in [1.807, 2.05) is 0 Å². The molecule has 1 aliphatic heterocycles. The van der Waals surface area contributed by atoms with Crippen LogP contribution in [0.4, 0.5) is 5.69 Å². The second-order valence-electron chi connectivity index (χ2n) is 6.22. The monoisotopic (exact) mass is 396 g/mol. The molecule has 0 bridgehead atoms. The van der Waals surface area contributed by atoms with Gasteiger partial charge in [0.1, 0.15) is 0 Å². The number of hydrazine groups is 1. The minimum absolute atomic E-state index is 0.0199. The van der Waals surface area contributed by atoms with E-state index in [9.17, 15) is 29.3 Å². The van der Waals surface area contributed by atoms with E-state index in [2.05, 4.69) is 10.9 Å². The van der Waals surface area contributed by atoms with Crippen LogP contribution >= 0.6 is 0 Å². The first-order valence-corrected chi connectivity index (χ1v) is 8.67. The Morgan fingerprint density at radius 1 is 0.931 bits per heavy atom. The first kappa shape index (κ1) is 19.7. The Labute approximate surface area is 164 Å². The highest BCUT2D eigenvalue weighted by Gasteiger charge is 2.34. The Hall–Kier alpha value is -4.08. The van der Waals surface area contributed by atoms with E-state index in [1.165, 1.54) is 24.3 Å². The van der Waals surface area contributed by atoms with Crippen molar-refractivity contribution < 1.29 is 24.1 Å². The van der Waals surface area contributed by atoms with E-state index < -0.39 is 28.6 Å². The van der Waals surface area contributed by atoms with Crippen LogP contribution in [0.2, 0.25) is 0 Å². The van der Waals surface area contributed by atoms with Crippen molar-refractivity contribution in [2.24, 2.45) is 0 Å². The van der Waals surface area contributed by atoms with Crippen LogP contribution < -0.4 is 10.9 Å². The van der Waals surface area contributed by atoms with Crippen LogP contribution in [0.25, 0.3) is 0 Å². The van der Waals surface area contributed by atoms with E-state index in [0.717, 1.165) is 4.90 Å². The van der Waals surface area contributed by atoms with Gasteiger partial charge in [0.2, 0.25) is 5.91 Å². The summed E-state index contributed by atoms with van der Waals surface area (Å²) >= 11 is 0. The molecule has 0 fully saturated rings. The van der Waals surface area contributed by atoms with Gasteiger partial charge >= 0.3 is 0 Å². The summed E-state index contributed by atoms with van der Waals surface area (Å²) in [7, 11) is 0. The average molecular weight is 396 g/mol. The summed E-state index contributed by atoms with van der Waals surface area (Å²) in [6, 6.07) is 11.4. The number of imide groups is 1. The van der Waals surface area contributed by atoms with Gasteiger partial charge in [-0.25, -0.2) is 0 Å². The Morgan fingerprint density at radius 3 is 2.07 bits per heavy atom. The summed E-state index contributed by atoms with van der Waals surface area (Å²) in [5.74, 6) is -1.92. The second-order valence-corrected chi connectivity index (χ2v) is 6.22. The highest BCUT2D eigenvalue weighted by molar-refractivity contribution is 6.21. The van der Waals surface area contributed by atoms with Gasteiger partial charge in [0.15, 0.2) is 0 Å². The third-order valence-electron chi connectivity index (χ3n) is 4.32. The number of hydrogen-bond donors (Lipinski definition) is 2. The molecule has 0 atom stereocenters. The minimum atomic E-state index is -0.631. The molecule has 0 unspecified atom stereocenters. The first-order valence-electron chi connectivity index (χ1n) is 8.67. The second kappa shape index (κ2) is 8.30. The number of nitrogens with zero attached hydrogens (tertiary/aromatic N) is 2. The molecule has 10 heteroatoms. The molecule has 0 spiro atoms. The fourth-order valence-electron chi connectivity index (χ4n) is 2.84. The Balaban J connectivity index is 1.44. The van der Waals surface area contributed by atoms with Gasteiger partial charge < -0.3 is 0 Å². The van der Waals surface area contributed by atoms with E-state index in [1.54, 1.807) is 24.3 Å². The van der Waals surface area contributed by atoms with Gasteiger partial charge in [-0.3, -0.25) is 45.0 Å². The van der Waals surface area contributed by atoms with E-state index in [4.69, 9.17) is 0 Å². The number of nitrogens with one attached hydrogen (secondary N) is 2. The minimum Gasteiger partial charge on any atom is -0.274 e. The van der Waals surface area contributed by atoms with Crippen LogP contribution in [0.1, 0.15) is 43.9 Å². The maximum atomic E-state index is 12.2. The zero-order valence-electron chi connectivity index (χ0n) is 15.1. The normalized spacial score (nSPS) is 12.5. The standard InChI is InChI=1S/C19H16N4O6/c24-16(20-21-17(25)12-7-9-13(10-8-12)23(28)29)6-3-11-22-18(26)14-4-1-2-5-15(14)19(22)27/h1-2,4-5,7-10H,3,6,11H2,(H,20,24)(H,21,25). The zero-order chi connectivity index (χ0) is 21.0. The zero-order valence-corrected chi connectivity index (χ0v) is 15.1. The summed E-state index contributed by atoms with van der Waals surface area (Å²) in [6.07, 6.45) is 0.207. The summed E-state index contributed by atoms with van der Waals surface area (Å²) in [4.78, 5) is 59.4. The summed E-state index contributed by atoms with van der Waals surface area (Å²) < 4.78 is 0. The summed E-state index contributed by atoms with van der Waals surface area (Å²) in [5.41, 5.74) is 5.10. The topological polar surface area (TPSA) is 139 Å². The largest absolute Gasteiger partial charge is 0.274 e. The lowest BCUT2D eigenvalue weighted by Crippen LogP contribution is -2.42. The number of non-ortho nitro benzene ring substituents is 1. The van der Waals surface area contributed by atoms with Gasteiger partial charge in [-0.05, 0) is 30.7 Å². The fourth-order valence-corrected chi connectivity index (χ4v) is 2.84. The molecular weight excluding hydrogens is 380 g/mol. The lowest BCUT2D eigenvalue weighted by Gasteiger charge is -2.13. The lowest BCUT2D eigenvalue weighted by molar-refractivity contribution is -0.384. The molecular formula is C19H16N4O6. The van der Waals surface area contributed by atoms with Crippen molar-refractivity contribution in [2.45, 2.75) is 12.8 Å². The molecule has 0 aliphatic carbocycles. The van der Waals surface area contributed by atoms with Crippen molar-refractivity contribution in [2.75, 3.05) is 6.54 Å². The number of carbonyl (C=O) groups excluding carboxylic acids is 4. The van der Waals surface area contributed by atoms with Gasteiger partial charge in [-0.2, -0.15) is 0 Å². The third-order valence-corrected chi connectivity index (χ3v) is 4.32. The van der Waals surface area contributed by atoms with Gasteiger partial charge in [0, 0.05) is 30.7 Å². The maximum absolute atomic E-state index is 12.2. The van der Waals surface area contributed by atoms with E-state index in [0.29, 0.717) is 11.1 Å². The van der Waals surface area contributed by atoms with Crippen molar-refractivity contribution in [3.63, 3.8) is 0 Å². The molecule has 148 valence electrons. The quantitative estimate of drug-likeness (QED) is 0.430. The van der Waals surface area contributed by atoms with Gasteiger partial charge in [-0.1, -0.05) is 12.1 Å². The molecule has 0 saturated carbocycles. The number of benzene rings is 2. The van der Waals surface area contributed by atoms with Crippen LogP contribution in [-0.4, -0.2) is 40.0 Å². The Bertz CT molecular complexity index is 967. The number of hydrogen-bond acceptors (Lipinski definition) is 6. The van der Waals surface area contributed by atoms with Crippen molar-refractivity contribution >= 4 is 29.3 Å². The molecule has 3 rings (SSSR count). The Kier molecular flexibility index (Phi) is 5.63. The highest BCUT2D eigenvalue weighted by Crippen LogP contribution is 2.22. The smallest absolute Gasteiger partial charge is 0.269 e. The van der Waals surface area contributed by atoms with Crippen LogP contribution in [0.15, 0.2) is 48.5 Å². The molecule has 4 amide bonds. The van der Waals surface area contributed by atoms with Crippen LogP contribution in [-0.2, 0) is 4.79 Å².